The fourth-order valence-electron chi connectivity index (χ4n) is 1.23. The highest BCUT2D eigenvalue weighted by Crippen LogP contribution is 2.37. The van der Waals surface area contributed by atoms with E-state index in [1.54, 1.807) is 0 Å². The molecule has 0 aromatic carbocycles. The molecule has 1 fully saturated rings. The summed E-state index contributed by atoms with van der Waals surface area (Å²) in [5.41, 5.74) is 5.03. The number of nitrogens with two attached hydrogens (primary N) is 1. The van der Waals surface area contributed by atoms with Gasteiger partial charge in [0.05, 0.1) is 12.0 Å². The van der Waals surface area contributed by atoms with Crippen LogP contribution in [0.5, 0.6) is 0 Å². The van der Waals surface area contributed by atoms with E-state index in [2.05, 4.69) is 0 Å². The maximum Gasteiger partial charge on any atom is 0.306 e. The summed E-state index contributed by atoms with van der Waals surface area (Å²) in [4.78, 5) is 10.2. The summed E-state index contributed by atoms with van der Waals surface area (Å²) in [5, 5.41) is 8.37. The van der Waals surface area contributed by atoms with Gasteiger partial charge in [-0.15, -0.1) is 0 Å². The molecule has 2 atom stereocenters. The lowest BCUT2D eigenvalue weighted by Crippen LogP contribution is -2.34. The van der Waals surface area contributed by atoms with Crippen molar-refractivity contribution in [2.45, 2.75) is 24.8 Å². The van der Waals surface area contributed by atoms with Crippen molar-refractivity contribution in [1.29, 1.82) is 0 Å². The van der Waals surface area contributed by atoms with Crippen molar-refractivity contribution >= 4 is 5.97 Å². The number of hydrogen-bond donors (Lipinski definition) is 2. The maximum atomic E-state index is 12.6. The molecule has 1 aliphatic rings. The molecular weight excluding hydrogens is 156 g/mol. The van der Waals surface area contributed by atoms with Gasteiger partial charge in [-0.05, 0) is 6.42 Å². The summed E-state index contributed by atoms with van der Waals surface area (Å²) in [7, 11) is 0. The molecule has 64 valence electrons. The molecule has 1 aliphatic carbocycles. The molecule has 0 unspecified atom stereocenters. The van der Waals surface area contributed by atoms with Gasteiger partial charge in [-0.3, -0.25) is 4.79 Å². The van der Waals surface area contributed by atoms with Gasteiger partial charge in [0.25, 0.3) is 5.92 Å². The van der Waals surface area contributed by atoms with E-state index in [-0.39, 0.29) is 6.42 Å². The molecule has 3 nitrogen and oxygen atoms in total. The van der Waals surface area contributed by atoms with Crippen LogP contribution in [0.25, 0.3) is 0 Å². The van der Waals surface area contributed by atoms with Crippen LogP contribution in [0.4, 0.5) is 8.78 Å². The highest BCUT2D eigenvalue weighted by atomic mass is 19.3. The Hall–Kier alpha value is -0.710. The van der Waals surface area contributed by atoms with Gasteiger partial charge in [-0.2, -0.15) is 0 Å². The molecule has 0 saturated heterocycles. The van der Waals surface area contributed by atoms with Gasteiger partial charge in [0.1, 0.15) is 0 Å². The van der Waals surface area contributed by atoms with E-state index in [1.807, 2.05) is 0 Å². The number of carboxylic acid groups (broad SMARTS) is 1. The Morgan fingerprint density at radius 1 is 1.64 bits per heavy atom. The molecule has 5 heteroatoms. The minimum absolute atomic E-state index is 0.123. The molecule has 0 heterocycles. The van der Waals surface area contributed by atoms with Crippen LogP contribution in [0.3, 0.4) is 0 Å². The Morgan fingerprint density at radius 2 is 2.18 bits per heavy atom. The Bertz CT molecular complexity index is 183. The van der Waals surface area contributed by atoms with Gasteiger partial charge in [-0.25, -0.2) is 8.78 Å². The average molecular weight is 165 g/mol. The van der Waals surface area contributed by atoms with Gasteiger partial charge < -0.3 is 10.8 Å². The number of aliphatic carboxylic acids is 1. The fourth-order valence-corrected chi connectivity index (χ4v) is 1.23. The first-order valence-electron chi connectivity index (χ1n) is 3.29. The van der Waals surface area contributed by atoms with Crippen LogP contribution in [0.1, 0.15) is 12.8 Å². The third-order valence-corrected chi connectivity index (χ3v) is 1.95. The molecule has 0 spiro atoms. The number of halogens is 2. The zero-order valence-electron chi connectivity index (χ0n) is 5.76. The number of rotatable bonds is 1. The molecule has 0 radical (unpaired) electrons. The first kappa shape index (κ1) is 8.39. The second-order valence-electron chi connectivity index (χ2n) is 2.84. The molecule has 1 rings (SSSR count). The second-order valence-corrected chi connectivity index (χ2v) is 2.84. The first-order chi connectivity index (χ1) is 4.93. The van der Waals surface area contributed by atoms with Crippen LogP contribution in [0.2, 0.25) is 0 Å². The van der Waals surface area contributed by atoms with Gasteiger partial charge in [0.15, 0.2) is 0 Å². The predicted molar refractivity (Wildman–Crippen MR) is 33.3 cm³/mol. The molecule has 11 heavy (non-hydrogen) atoms. The third-order valence-electron chi connectivity index (χ3n) is 1.95. The van der Waals surface area contributed by atoms with E-state index < -0.39 is 30.3 Å². The van der Waals surface area contributed by atoms with Gasteiger partial charge >= 0.3 is 5.97 Å². The van der Waals surface area contributed by atoms with Crippen molar-refractivity contribution in [1.82, 2.24) is 0 Å². The zero-order chi connectivity index (χ0) is 8.65. The zero-order valence-corrected chi connectivity index (χ0v) is 5.76. The summed E-state index contributed by atoms with van der Waals surface area (Å²) in [6.07, 6.45) is -0.744. The molecule has 3 N–H and O–H groups in total. The molecule has 1 saturated carbocycles. The smallest absolute Gasteiger partial charge is 0.306 e. The highest BCUT2D eigenvalue weighted by molar-refractivity contribution is 5.70. The Kier molecular flexibility index (Phi) is 1.83. The van der Waals surface area contributed by atoms with Crippen LogP contribution < -0.4 is 5.73 Å². The molecule has 0 bridgehead atoms. The molecule has 0 amide bonds. The minimum atomic E-state index is -3.00. The van der Waals surface area contributed by atoms with Crippen molar-refractivity contribution < 1.29 is 18.7 Å². The normalized spacial score (nSPS) is 35.5. The Morgan fingerprint density at radius 3 is 2.36 bits per heavy atom. The number of carbonyl (C=O) groups is 1. The topological polar surface area (TPSA) is 63.3 Å². The molecule has 0 aromatic heterocycles. The van der Waals surface area contributed by atoms with Crippen LogP contribution in [-0.2, 0) is 4.79 Å². The number of hydrogen-bond acceptors (Lipinski definition) is 2. The number of alkyl halides is 2. The quantitative estimate of drug-likeness (QED) is 0.592. The fraction of sp³-hybridized carbons (Fsp3) is 0.833. The minimum Gasteiger partial charge on any atom is -0.481 e. The second kappa shape index (κ2) is 2.41. The van der Waals surface area contributed by atoms with E-state index in [0.29, 0.717) is 0 Å². The van der Waals surface area contributed by atoms with Crippen molar-refractivity contribution in [2.75, 3.05) is 0 Å². The molecule has 0 aliphatic heterocycles. The van der Waals surface area contributed by atoms with E-state index in [0.717, 1.165) is 0 Å². The third kappa shape index (κ3) is 1.48. The maximum absolute atomic E-state index is 12.6. The summed E-state index contributed by atoms with van der Waals surface area (Å²) in [5.74, 6) is -5.15. The van der Waals surface area contributed by atoms with Crippen LogP contribution in [0, 0.1) is 5.92 Å². The standard InChI is InChI=1S/C6H9F2NO2/c7-6(8)2-3(5(10)11)1-4(6)9/h3-4H,1-2,9H2,(H,10,11)/t3-,4+/m0/s1. The number of carboxylic acids is 1. The Labute approximate surface area is 62.2 Å². The van der Waals surface area contributed by atoms with E-state index in [9.17, 15) is 13.6 Å². The van der Waals surface area contributed by atoms with E-state index in [4.69, 9.17) is 10.8 Å². The Balaban J connectivity index is 2.64. The van der Waals surface area contributed by atoms with E-state index >= 15 is 0 Å². The van der Waals surface area contributed by atoms with Crippen molar-refractivity contribution in [3.63, 3.8) is 0 Å². The lowest BCUT2D eigenvalue weighted by molar-refractivity contribution is -0.142. The first-order valence-corrected chi connectivity index (χ1v) is 3.29. The average Bonchev–Trinajstić information content (AvgIpc) is 2.08. The monoisotopic (exact) mass is 165 g/mol. The van der Waals surface area contributed by atoms with Crippen molar-refractivity contribution in [3.05, 3.63) is 0 Å². The molecular formula is C6H9F2NO2. The van der Waals surface area contributed by atoms with Crippen molar-refractivity contribution in [3.8, 4) is 0 Å². The molecule has 0 aromatic rings. The summed E-state index contributed by atoms with van der Waals surface area (Å²) >= 11 is 0. The lowest BCUT2D eigenvalue weighted by Gasteiger charge is -2.12. The van der Waals surface area contributed by atoms with Gasteiger partial charge in [0.2, 0.25) is 0 Å². The van der Waals surface area contributed by atoms with Crippen LogP contribution >= 0.6 is 0 Å². The van der Waals surface area contributed by atoms with Crippen LogP contribution in [-0.4, -0.2) is 23.0 Å². The van der Waals surface area contributed by atoms with E-state index in [1.165, 1.54) is 0 Å². The van der Waals surface area contributed by atoms with Gasteiger partial charge in [0, 0.05) is 6.42 Å². The summed E-state index contributed by atoms with van der Waals surface area (Å²) in [6, 6.07) is -1.29. The van der Waals surface area contributed by atoms with Crippen LogP contribution in [0.15, 0.2) is 0 Å². The summed E-state index contributed by atoms with van der Waals surface area (Å²) in [6.45, 7) is 0. The lowest BCUT2D eigenvalue weighted by atomic mass is 10.1. The van der Waals surface area contributed by atoms with Gasteiger partial charge in [-0.1, -0.05) is 0 Å². The SMILES string of the molecule is N[C@@H]1C[C@H](C(=O)O)CC1(F)F. The predicted octanol–water partition coefficient (Wildman–Crippen LogP) is 0.444. The largest absolute Gasteiger partial charge is 0.481 e. The van der Waals surface area contributed by atoms with Crippen molar-refractivity contribution in [2.24, 2.45) is 11.7 Å². The highest BCUT2D eigenvalue weighted by Gasteiger charge is 2.49. The summed E-state index contributed by atoms with van der Waals surface area (Å²) < 4.78 is 25.1.